The van der Waals surface area contributed by atoms with E-state index in [1.54, 1.807) is 0 Å². The molecule has 0 fully saturated rings. The summed E-state index contributed by atoms with van der Waals surface area (Å²) in [5.74, 6) is -1.06. The van der Waals surface area contributed by atoms with Crippen LogP contribution in [0.25, 0.3) is 0 Å². The highest BCUT2D eigenvalue weighted by Gasteiger charge is 2.37. The second kappa shape index (κ2) is 4.11. The van der Waals surface area contributed by atoms with Gasteiger partial charge in [-0.3, -0.25) is 4.98 Å². The van der Waals surface area contributed by atoms with Crippen LogP contribution in [0.1, 0.15) is 16.1 Å². The molecule has 76 valence electrons. The van der Waals surface area contributed by atoms with Gasteiger partial charge in [0.05, 0.1) is 5.56 Å². The van der Waals surface area contributed by atoms with Gasteiger partial charge >= 0.3 is 12.1 Å². The predicted octanol–water partition coefficient (Wildman–Crippen LogP) is 2.61. The number of rotatable bonds is 1. The molecular weight excluding hydrogens is 314 g/mol. The SMILES string of the molecule is O=C(OI)c1cccnc1C(F)(F)F. The molecule has 1 rings (SSSR count). The quantitative estimate of drug-likeness (QED) is 0.748. The van der Waals surface area contributed by atoms with E-state index in [2.05, 4.69) is 8.05 Å². The van der Waals surface area contributed by atoms with Gasteiger partial charge in [0.15, 0.2) is 28.7 Å². The van der Waals surface area contributed by atoms with Crippen molar-refractivity contribution in [1.29, 1.82) is 0 Å². The van der Waals surface area contributed by atoms with Crippen molar-refractivity contribution in [2.45, 2.75) is 6.18 Å². The molecular formula is C7H3F3INO2. The van der Waals surface area contributed by atoms with Crippen molar-refractivity contribution in [3.05, 3.63) is 29.6 Å². The number of aromatic nitrogens is 1. The smallest absolute Gasteiger partial charge is 0.391 e. The molecule has 0 unspecified atom stereocenters. The summed E-state index contributed by atoms with van der Waals surface area (Å²) in [6, 6.07) is 2.24. The Balaban J connectivity index is 3.23. The van der Waals surface area contributed by atoms with Gasteiger partial charge in [-0.1, -0.05) is 0 Å². The van der Waals surface area contributed by atoms with Crippen LogP contribution < -0.4 is 0 Å². The molecule has 0 aliphatic heterocycles. The zero-order valence-electron chi connectivity index (χ0n) is 6.51. The summed E-state index contributed by atoms with van der Waals surface area (Å²) in [5, 5.41) is 0. The number of hydrogen-bond acceptors (Lipinski definition) is 3. The van der Waals surface area contributed by atoms with Gasteiger partial charge in [-0.2, -0.15) is 13.2 Å². The van der Waals surface area contributed by atoms with Gasteiger partial charge in [-0.15, -0.1) is 0 Å². The van der Waals surface area contributed by atoms with Crippen LogP contribution in [-0.2, 0) is 9.24 Å². The molecule has 1 heterocycles. The van der Waals surface area contributed by atoms with E-state index in [0.717, 1.165) is 12.3 Å². The van der Waals surface area contributed by atoms with E-state index in [-0.39, 0.29) is 0 Å². The average Bonchev–Trinajstić information content (AvgIpc) is 2.15. The largest absolute Gasteiger partial charge is 0.434 e. The Morgan fingerprint density at radius 2 is 2.14 bits per heavy atom. The van der Waals surface area contributed by atoms with Gasteiger partial charge < -0.3 is 3.07 Å². The second-order valence-corrected chi connectivity index (χ2v) is 2.70. The molecule has 0 bridgehead atoms. The highest BCUT2D eigenvalue weighted by molar-refractivity contribution is 14.1. The lowest BCUT2D eigenvalue weighted by molar-refractivity contribution is -0.141. The van der Waals surface area contributed by atoms with Crippen LogP contribution >= 0.6 is 23.0 Å². The van der Waals surface area contributed by atoms with Crippen molar-refractivity contribution >= 4 is 29.0 Å². The van der Waals surface area contributed by atoms with Crippen LogP contribution in [0, 0.1) is 0 Å². The molecule has 0 aliphatic carbocycles. The molecule has 0 spiro atoms. The first-order chi connectivity index (χ1) is 6.46. The van der Waals surface area contributed by atoms with Crippen LogP contribution in [0.2, 0.25) is 0 Å². The lowest BCUT2D eigenvalue weighted by Gasteiger charge is -2.08. The Hall–Kier alpha value is -0.860. The number of carbonyl (C=O) groups is 1. The monoisotopic (exact) mass is 317 g/mol. The molecule has 0 radical (unpaired) electrons. The van der Waals surface area contributed by atoms with E-state index in [9.17, 15) is 18.0 Å². The molecule has 0 aliphatic rings. The number of hydrogen-bond donors (Lipinski definition) is 0. The highest BCUT2D eigenvalue weighted by Crippen LogP contribution is 2.30. The van der Waals surface area contributed by atoms with Crippen LogP contribution in [-0.4, -0.2) is 11.0 Å². The second-order valence-electron chi connectivity index (χ2n) is 2.26. The van der Waals surface area contributed by atoms with Crippen LogP contribution in [0.5, 0.6) is 0 Å². The maximum atomic E-state index is 12.3. The minimum atomic E-state index is -4.65. The first-order valence-corrected chi connectivity index (χ1v) is 4.20. The Morgan fingerprint density at radius 1 is 1.50 bits per heavy atom. The maximum absolute atomic E-state index is 12.3. The molecule has 0 saturated heterocycles. The fourth-order valence-corrected chi connectivity index (χ4v) is 1.07. The zero-order valence-corrected chi connectivity index (χ0v) is 8.67. The van der Waals surface area contributed by atoms with Crippen molar-refractivity contribution in [1.82, 2.24) is 4.98 Å². The first kappa shape index (κ1) is 11.2. The summed E-state index contributed by atoms with van der Waals surface area (Å²) in [4.78, 5) is 14.0. The third-order valence-electron chi connectivity index (χ3n) is 1.37. The molecule has 0 N–H and O–H groups in total. The fraction of sp³-hybridized carbons (Fsp3) is 0.143. The third-order valence-corrected chi connectivity index (χ3v) is 1.77. The Labute approximate surface area is 91.0 Å². The predicted molar refractivity (Wildman–Crippen MR) is 48.7 cm³/mol. The van der Waals surface area contributed by atoms with E-state index >= 15 is 0 Å². The van der Waals surface area contributed by atoms with Crippen molar-refractivity contribution in [3.63, 3.8) is 0 Å². The van der Waals surface area contributed by atoms with Crippen molar-refractivity contribution in [2.24, 2.45) is 0 Å². The summed E-state index contributed by atoms with van der Waals surface area (Å²) in [6.07, 6.45) is -3.69. The molecule has 3 nitrogen and oxygen atoms in total. The van der Waals surface area contributed by atoms with Crippen molar-refractivity contribution < 1.29 is 21.0 Å². The van der Waals surface area contributed by atoms with Crippen molar-refractivity contribution in [2.75, 3.05) is 0 Å². The van der Waals surface area contributed by atoms with E-state index in [1.807, 2.05) is 0 Å². The van der Waals surface area contributed by atoms with E-state index in [0.29, 0.717) is 0 Å². The van der Waals surface area contributed by atoms with Gasteiger partial charge in [-0.05, 0) is 12.1 Å². The molecule has 1 aromatic heterocycles. The van der Waals surface area contributed by atoms with Gasteiger partial charge in [0, 0.05) is 6.20 Å². The third kappa shape index (κ3) is 2.34. The fourth-order valence-electron chi connectivity index (χ4n) is 0.837. The number of alkyl halides is 3. The van der Waals surface area contributed by atoms with Gasteiger partial charge in [0.1, 0.15) is 0 Å². The van der Waals surface area contributed by atoms with E-state index in [1.165, 1.54) is 29.1 Å². The van der Waals surface area contributed by atoms with Crippen molar-refractivity contribution in [3.8, 4) is 0 Å². The standard InChI is InChI=1S/C7H3F3INO2/c8-7(9,10)5-4(6(13)14-11)2-1-3-12-5/h1-3H. The molecule has 0 saturated carbocycles. The lowest BCUT2D eigenvalue weighted by atomic mass is 10.2. The first-order valence-electron chi connectivity index (χ1n) is 3.32. The molecule has 7 heteroatoms. The average molecular weight is 317 g/mol. The van der Waals surface area contributed by atoms with Gasteiger partial charge in [0.2, 0.25) is 0 Å². The minimum absolute atomic E-state index is 0.589. The molecule has 0 aromatic carbocycles. The number of carbonyl (C=O) groups excluding carboxylic acids is 1. The molecule has 0 amide bonds. The highest BCUT2D eigenvalue weighted by atomic mass is 127. The number of halogens is 4. The van der Waals surface area contributed by atoms with Crippen LogP contribution in [0.15, 0.2) is 18.3 Å². The summed E-state index contributed by atoms with van der Waals surface area (Å²) in [7, 11) is 0. The van der Waals surface area contributed by atoms with E-state index < -0.39 is 23.4 Å². The number of pyridine rings is 1. The van der Waals surface area contributed by atoms with Gasteiger partial charge in [0.25, 0.3) is 0 Å². The Kier molecular flexibility index (Phi) is 3.29. The summed E-state index contributed by atoms with van der Waals surface area (Å²) < 4.78 is 41.0. The molecule has 14 heavy (non-hydrogen) atoms. The Morgan fingerprint density at radius 3 is 2.64 bits per heavy atom. The minimum Gasteiger partial charge on any atom is -0.391 e. The van der Waals surface area contributed by atoms with Crippen LogP contribution in [0.3, 0.4) is 0 Å². The van der Waals surface area contributed by atoms with E-state index in [4.69, 9.17) is 0 Å². The summed E-state index contributed by atoms with van der Waals surface area (Å²) >= 11 is 1.22. The lowest BCUT2D eigenvalue weighted by Crippen LogP contribution is -2.15. The topological polar surface area (TPSA) is 39.2 Å². The normalized spacial score (nSPS) is 11.1. The van der Waals surface area contributed by atoms with Crippen LogP contribution in [0.4, 0.5) is 13.2 Å². The Bertz CT molecular complexity index is 353. The maximum Gasteiger partial charge on any atom is 0.434 e. The molecule has 0 atom stereocenters. The van der Waals surface area contributed by atoms with Gasteiger partial charge in [-0.25, -0.2) is 4.79 Å². The molecule has 1 aromatic rings. The zero-order chi connectivity index (χ0) is 10.8. The summed E-state index contributed by atoms with van der Waals surface area (Å²) in [5.41, 5.74) is -1.82. The summed E-state index contributed by atoms with van der Waals surface area (Å²) in [6.45, 7) is 0. The number of nitrogens with zero attached hydrogens (tertiary/aromatic N) is 1.